The Bertz CT molecular complexity index is 1470. The van der Waals surface area contributed by atoms with E-state index in [1.807, 2.05) is 31.3 Å². The van der Waals surface area contributed by atoms with Gasteiger partial charge in [0.25, 0.3) is 0 Å². The second-order valence-corrected chi connectivity index (χ2v) is 11.2. The standard InChI is InChI=1S/C31H34BrN3O4/c1-20(37-2)29-27(15-24(16-33-29)34-8-10-38-11-9-34)31-28(18-36)26-14-23(32)12-22-13-25(17-35(31)30(22)26)39-19-21-6-4-3-5-7-21/h3-7,12,14-16,20,25,36H,8-11,13,17-19H2,1-2H3/t20-,25?/m0/s1. The summed E-state index contributed by atoms with van der Waals surface area (Å²) >= 11 is 3.73. The number of rotatable bonds is 8. The first-order valence-electron chi connectivity index (χ1n) is 13.5. The van der Waals surface area contributed by atoms with Crippen LogP contribution in [0.25, 0.3) is 22.2 Å². The molecular weight excluding hydrogens is 558 g/mol. The molecule has 2 aromatic heterocycles. The number of aliphatic hydroxyl groups excluding tert-OH is 1. The highest BCUT2D eigenvalue weighted by Gasteiger charge is 2.30. The third kappa shape index (κ3) is 5.12. The van der Waals surface area contributed by atoms with Gasteiger partial charge in [-0.25, -0.2) is 0 Å². The van der Waals surface area contributed by atoms with Crippen LogP contribution in [0.15, 0.2) is 59.2 Å². The smallest absolute Gasteiger partial charge is 0.0969 e. The number of pyridine rings is 1. The molecule has 0 bridgehead atoms. The highest BCUT2D eigenvalue weighted by Crippen LogP contribution is 2.43. The van der Waals surface area contributed by atoms with Gasteiger partial charge < -0.3 is 28.8 Å². The largest absolute Gasteiger partial charge is 0.392 e. The van der Waals surface area contributed by atoms with E-state index in [2.05, 4.69) is 55.7 Å². The van der Waals surface area contributed by atoms with Crippen LogP contribution >= 0.6 is 15.9 Å². The molecule has 2 aromatic carbocycles. The normalized spacial score (nSPS) is 18.1. The first-order valence-corrected chi connectivity index (χ1v) is 14.3. The Kier molecular flexibility index (Phi) is 7.73. The topological polar surface area (TPSA) is 69.0 Å². The Morgan fingerprint density at radius 1 is 1.15 bits per heavy atom. The average molecular weight is 593 g/mol. The maximum Gasteiger partial charge on any atom is 0.0969 e. The molecule has 1 N–H and O–H groups in total. The van der Waals surface area contributed by atoms with Crippen LogP contribution in [0.4, 0.5) is 5.69 Å². The van der Waals surface area contributed by atoms with Crippen molar-refractivity contribution in [3.63, 3.8) is 0 Å². The van der Waals surface area contributed by atoms with E-state index in [1.54, 1.807) is 7.11 Å². The lowest BCUT2D eigenvalue weighted by Crippen LogP contribution is -2.36. The number of ether oxygens (including phenoxy) is 3. The molecule has 1 unspecified atom stereocenters. The van der Waals surface area contributed by atoms with Crippen LogP contribution < -0.4 is 4.90 Å². The van der Waals surface area contributed by atoms with E-state index in [4.69, 9.17) is 19.2 Å². The number of halogens is 1. The number of anilines is 1. The lowest BCUT2D eigenvalue weighted by Gasteiger charge is -2.30. The molecule has 2 aliphatic heterocycles. The second kappa shape index (κ2) is 11.4. The summed E-state index contributed by atoms with van der Waals surface area (Å²) in [4.78, 5) is 7.24. The number of methoxy groups -OCH3 is 1. The SMILES string of the molecule is CO[C@@H](C)c1ncc(N2CCOCC2)cc1-c1c(CO)c2cc(Br)cc3c2n1CC(OCc1ccccc1)C3. The molecule has 0 radical (unpaired) electrons. The summed E-state index contributed by atoms with van der Waals surface area (Å²) in [5.74, 6) is 0. The van der Waals surface area contributed by atoms with E-state index in [0.717, 1.165) is 68.7 Å². The van der Waals surface area contributed by atoms with Crippen LogP contribution in [0.3, 0.4) is 0 Å². The average Bonchev–Trinajstić information content (AvgIpc) is 3.29. The Hall–Kier alpha value is -2.75. The van der Waals surface area contributed by atoms with Crippen molar-refractivity contribution >= 4 is 32.5 Å². The molecule has 204 valence electrons. The zero-order valence-electron chi connectivity index (χ0n) is 22.4. The number of aromatic nitrogens is 2. The Balaban J connectivity index is 1.49. The number of morpholine rings is 1. The monoisotopic (exact) mass is 591 g/mol. The van der Waals surface area contributed by atoms with Crippen molar-refractivity contribution in [3.8, 4) is 11.3 Å². The lowest BCUT2D eigenvalue weighted by atomic mass is 10.00. The minimum Gasteiger partial charge on any atom is -0.392 e. The van der Waals surface area contributed by atoms with E-state index >= 15 is 0 Å². The number of hydrogen-bond acceptors (Lipinski definition) is 6. The van der Waals surface area contributed by atoms with Crippen molar-refractivity contribution in [2.24, 2.45) is 0 Å². The van der Waals surface area contributed by atoms with Gasteiger partial charge in [-0.1, -0.05) is 46.3 Å². The van der Waals surface area contributed by atoms with Crippen LogP contribution in [-0.4, -0.2) is 54.2 Å². The first kappa shape index (κ1) is 26.5. The lowest BCUT2D eigenvalue weighted by molar-refractivity contribution is 0.0281. The van der Waals surface area contributed by atoms with Crippen LogP contribution in [0.1, 0.15) is 35.4 Å². The van der Waals surface area contributed by atoms with Crippen LogP contribution in [-0.2, 0) is 40.4 Å². The zero-order chi connectivity index (χ0) is 26.9. The highest BCUT2D eigenvalue weighted by molar-refractivity contribution is 9.10. The van der Waals surface area contributed by atoms with Gasteiger partial charge in [-0.2, -0.15) is 0 Å². The van der Waals surface area contributed by atoms with Crippen molar-refractivity contribution in [1.82, 2.24) is 9.55 Å². The predicted octanol–water partition coefficient (Wildman–Crippen LogP) is 5.64. The van der Waals surface area contributed by atoms with Crippen molar-refractivity contribution in [2.45, 2.75) is 45.3 Å². The molecule has 4 aromatic rings. The maximum absolute atomic E-state index is 10.8. The third-order valence-electron chi connectivity index (χ3n) is 7.90. The molecule has 0 spiro atoms. The zero-order valence-corrected chi connectivity index (χ0v) is 24.0. The fraction of sp³-hybridized carbons (Fsp3) is 0.387. The Morgan fingerprint density at radius 2 is 1.95 bits per heavy atom. The number of nitrogens with zero attached hydrogens (tertiary/aromatic N) is 3. The van der Waals surface area contributed by atoms with Crippen LogP contribution in [0.2, 0.25) is 0 Å². The number of aliphatic hydroxyl groups is 1. The molecule has 6 rings (SSSR count). The molecule has 4 heterocycles. The van der Waals surface area contributed by atoms with Gasteiger partial charge in [0.15, 0.2) is 0 Å². The quantitative estimate of drug-likeness (QED) is 0.286. The predicted molar refractivity (Wildman–Crippen MR) is 156 cm³/mol. The fourth-order valence-corrected chi connectivity index (χ4v) is 6.42. The fourth-order valence-electron chi connectivity index (χ4n) is 5.91. The van der Waals surface area contributed by atoms with Gasteiger partial charge >= 0.3 is 0 Å². The molecule has 0 saturated carbocycles. The van der Waals surface area contributed by atoms with E-state index in [1.165, 1.54) is 5.56 Å². The van der Waals surface area contributed by atoms with E-state index < -0.39 is 0 Å². The second-order valence-electron chi connectivity index (χ2n) is 10.3. The van der Waals surface area contributed by atoms with Crippen LogP contribution in [0.5, 0.6) is 0 Å². The molecule has 1 saturated heterocycles. The molecule has 8 heteroatoms. The van der Waals surface area contributed by atoms with Gasteiger partial charge in [-0.3, -0.25) is 4.98 Å². The summed E-state index contributed by atoms with van der Waals surface area (Å²) in [6.07, 6.45) is 2.53. The van der Waals surface area contributed by atoms with Crippen molar-refractivity contribution in [1.29, 1.82) is 0 Å². The van der Waals surface area contributed by atoms with Crippen LogP contribution in [0, 0.1) is 0 Å². The molecular formula is C31H34BrN3O4. The first-order chi connectivity index (χ1) is 19.1. The molecule has 39 heavy (non-hydrogen) atoms. The maximum atomic E-state index is 10.8. The summed E-state index contributed by atoms with van der Waals surface area (Å²) in [6.45, 7) is 6.23. The van der Waals surface area contributed by atoms with E-state index in [0.29, 0.717) is 26.4 Å². The summed E-state index contributed by atoms with van der Waals surface area (Å²) < 4.78 is 21.2. The molecule has 1 fully saturated rings. The van der Waals surface area contributed by atoms with E-state index in [-0.39, 0.29) is 18.8 Å². The van der Waals surface area contributed by atoms with Crippen molar-refractivity contribution in [3.05, 3.63) is 81.6 Å². The summed E-state index contributed by atoms with van der Waals surface area (Å²) in [7, 11) is 1.71. The summed E-state index contributed by atoms with van der Waals surface area (Å²) in [5.41, 5.74) is 8.31. The summed E-state index contributed by atoms with van der Waals surface area (Å²) in [5, 5.41) is 11.8. The summed E-state index contributed by atoms with van der Waals surface area (Å²) in [6, 6.07) is 16.8. The molecule has 7 nitrogen and oxygen atoms in total. The highest BCUT2D eigenvalue weighted by atomic mass is 79.9. The molecule has 2 atom stereocenters. The van der Waals surface area contributed by atoms with Gasteiger partial charge in [0.1, 0.15) is 0 Å². The van der Waals surface area contributed by atoms with Gasteiger partial charge in [-0.15, -0.1) is 0 Å². The van der Waals surface area contributed by atoms with Crippen molar-refractivity contribution < 1.29 is 19.3 Å². The Morgan fingerprint density at radius 3 is 2.69 bits per heavy atom. The molecule has 2 aliphatic rings. The molecule has 0 amide bonds. The number of hydrogen-bond donors (Lipinski definition) is 1. The Labute approximate surface area is 237 Å². The van der Waals surface area contributed by atoms with Gasteiger partial charge in [0.2, 0.25) is 0 Å². The molecule has 0 aliphatic carbocycles. The third-order valence-corrected chi connectivity index (χ3v) is 8.36. The van der Waals surface area contributed by atoms with Gasteiger partial charge in [0, 0.05) is 54.2 Å². The van der Waals surface area contributed by atoms with Crippen molar-refractivity contribution in [2.75, 3.05) is 38.3 Å². The van der Waals surface area contributed by atoms with Gasteiger partial charge in [0.05, 0.1) is 67.4 Å². The van der Waals surface area contributed by atoms with Gasteiger partial charge in [-0.05, 0) is 36.2 Å². The van der Waals surface area contributed by atoms with E-state index in [9.17, 15) is 5.11 Å². The number of benzene rings is 2. The minimum absolute atomic E-state index is 0.00779. The minimum atomic E-state index is -0.212.